The number of carbonyl (C=O) groups excluding carboxylic acids is 1. The molecule has 4 rings (SSSR count). The first-order valence-corrected chi connectivity index (χ1v) is 10.5. The third-order valence-corrected chi connectivity index (χ3v) is 7.02. The van der Waals surface area contributed by atoms with Crippen molar-refractivity contribution in [3.8, 4) is 0 Å². The van der Waals surface area contributed by atoms with Crippen LogP contribution < -0.4 is 9.62 Å². The van der Waals surface area contributed by atoms with E-state index in [0.717, 1.165) is 31.3 Å². The average molecular weight is 373 g/mol. The lowest BCUT2D eigenvalue weighted by atomic mass is 10.1. The van der Waals surface area contributed by atoms with Crippen molar-refractivity contribution in [3.05, 3.63) is 36.4 Å². The van der Waals surface area contributed by atoms with Crippen molar-refractivity contribution in [2.24, 2.45) is 0 Å². The number of nitrogens with zero attached hydrogens (tertiary/aromatic N) is 2. The maximum atomic E-state index is 13.0. The van der Waals surface area contributed by atoms with E-state index in [-0.39, 0.29) is 18.5 Å². The van der Waals surface area contributed by atoms with Gasteiger partial charge in [-0.1, -0.05) is 31.2 Å². The van der Waals surface area contributed by atoms with Gasteiger partial charge in [0.15, 0.2) is 0 Å². The van der Waals surface area contributed by atoms with Crippen LogP contribution in [0.15, 0.2) is 41.3 Å². The summed E-state index contributed by atoms with van der Waals surface area (Å²) in [6, 6.07) is 10.9. The van der Waals surface area contributed by atoms with Crippen LogP contribution in [0.4, 0.5) is 5.69 Å². The van der Waals surface area contributed by atoms with E-state index in [9.17, 15) is 13.2 Å². The molecule has 1 amide bonds. The Labute approximate surface area is 153 Å². The van der Waals surface area contributed by atoms with Crippen LogP contribution in [0.2, 0.25) is 0 Å². The molecule has 138 valence electrons. The Kier molecular flexibility index (Phi) is 4.36. The number of nitrogens with one attached hydrogen (secondary N) is 1. The fourth-order valence-corrected chi connectivity index (χ4v) is 5.66. The van der Waals surface area contributed by atoms with E-state index in [0.29, 0.717) is 22.5 Å². The van der Waals surface area contributed by atoms with E-state index in [1.54, 1.807) is 18.2 Å². The van der Waals surface area contributed by atoms with Crippen molar-refractivity contribution < 1.29 is 13.2 Å². The minimum absolute atomic E-state index is 0.131. The summed E-state index contributed by atoms with van der Waals surface area (Å²) in [6.07, 6.45) is 1.76. The molecule has 1 atom stereocenters. The smallest absolute Gasteiger partial charge is 0.265 e. The monoisotopic (exact) mass is 373 g/mol. The predicted octanol–water partition coefficient (Wildman–Crippen LogP) is 1.95. The fourth-order valence-electron chi connectivity index (χ4n) is 4.00. The molecule has 0 radical (unpaired) electrons. The second kappa shape index (κ2) is 6.55. The summed E-state index contributed by atoms with van der Waals surface area (Å²) in [4.78, 5) is 15.2. The normalized spacial score (nSPS) is 20.7. The van der Waals surface area contributed by atoms with Gasteiger partial charge in [-0.2, -0.15) is 0 Å². The number of carbonyl (C=O) groups is 1. The molecule has 6 nitrogen and oxygen atoms in total. The first-order chi connectivity index (χ1) is 12.5. The summed E-state index contributed by atoms with van der Waals surface area (Å²) in [5, 5.41) is 4.87. The number of benzene rings is 2. The van der Waals surface area contributed by atoms with E-state index in [1.807, 2.05) is 30.0 Å². The molecule has 1 fully saturated rings. The van der Waals surface area contributed by atoms with Gasteiger partial charge in [0.2, 0.25) is 5.91 Å². The molecule has 0 aliphatic carbocycles. The topological polar surface area (TPSA) is 69.7 Å². The maximum Gasteiger partial charge on any atom is 0.265 e. The van der Waals surface area contributed by atoms with Crippen molar-refractivity contribution in [2.75, 3.05) is 30.5 Å². The molecule has 2 aromatic rings. The lowest BCUT2D eigenvalue weighted by Gasteiger charge is -2.30. The van der Waals surface area contributed by atoms with Crippen molar-refractivity contribution in [1.82, 2.24) is 10.2 Å². The Balaban J connectivity index is 1.68. The third kappa shape index (κ3) is 2.66. The van der Waals surface area contributed by atoms with Crippen LogP contribution in [0.1, 0.15) is 19.8 Å². The predicted molar refractivity (Wildman–Crippen MR) is 102 cm³/mol. The molecular formula is C19H23N3O3S. The van der Waals surface area contributed by atoms with Gasteiger partial charge >= 0.3 is 0 Å². The number of hydrogen-bond acceptors (Lipinski definition) is 4. The molecule has 1 unspecified atom stereocenters. The lowest BCUT2D eigenvalue weighted by Crippen LogP contribution is -2.47. The minimum atomic E-state index is -3.70. The second-order valence-corrected chi connectivity index (χ2v) is 8.71. The first kappa shape index (κ1) is 17.3. The van der Waals surface area contributed by atoms with Gasteiger partial charge in [0, 0.05) is 24.5 Å². The van der Waals surface area contributed by atoms with Gasteiger partial charge in [-0.3, -0.25) is 9.10 Å². The van der Waals surface area contributed by atoms with Crippen LogP contribution in [0.25, 0.3) is 10.8 Å². The number of sulfonamides is 1. The van der Waals surface area contributed by atoms with Gasteiger partial charge in [-0.25, -0.2) is 8.42 Å². The zero-order chi connectivity index (χ0) is 18.3. The summed E-state index contributed by atoms with van der Waals surface area (Å²) in [7, 11) is -3.70. The van der Waals surface area contributed by atoms with Crippen LogP contribution in [0, 0.1) is 0 Å². The van der Waals surface area contributed by atoms with E-state index in [1.165, 1.54) is 4.31 Å². The fraction of sp³-hybridized carbons (Fsp3) is 0.421. The van der Waals surface area contributed by atoms with E-state index in [2.05, 4.69) is 5.32 Å². The van der Waals surface area contributed by atoms with E-state index in [4.69, 9.17) is 0 Å². The summed E-state index contributed by atoms with van der Waals surface area (Å²) < 4.78 is 27.4. The molecule has 0 saturated carbocycles. The highest BCUT2D eigenvalue weighted by Crippen LogP contribution is 2.41. The molecule has 26 heavy (non-hydrogen) atoms. The minimum Gasteiger partial charge on any atom is -0.337 e. The van der Waals surface area contributed by atoms with Crippen LogP contribution >= 0.6 is 0 Å². The molecule has 0 bridgehead atoms. The molecule has 0 spiro atoms. The van der Waals surface area contributed by atoms with Gasteiger partial charge in [0.05, 0.1) is 10.6 Å². The summed E-state index contributed by atoms with van der Waals surface area (Å²) in [5.74, 6) is -0.131. The maximum absolute atomic E-state index is 13.0. The first-order valence-electron chi connectivity index (χ1n) is 9.08. The van der Waals surface area contributed by atoms with Crippen LogP contribution in [0.3, 0.4) is 0 Å². The summed E-state index contributed by atoms with van der Waals surface area (Å²) in [5.41, 5.74) is 0.604. The van der Waals surface area contributed by atoms with Crippen LogP contribution in [-0.2, 0) is 14.8 Å². The zero-order valence-corrected chi connectivity index (χ0v) is 15.6. The second-order valence-electron chi connectivity index (χ2n) is 6.88. The third-order valence-electron chi connectivity index (χ3n) is 5.22. The standard InChI is InChI=1S/C19H23N3O3S/c1-2-11-21(15-9-10-20-12-15)18(23)13-22-16-7-3-5-14-6-4-8-17(19(14)16)26(22,24)25/h3-8,15,20H,2,9-13H2,1H3. The average Bonchev–Trinajstić information content (AvgIpc) is 3.23. The van der Waals surface area contributed by atoms with Crippen molar-refractivity contribution >= 4 is 32.4 Å². The van der Waals surface area contributed by atoms with E-state index >= 15 is 0 Å². The van der Waals surface area contributed by atoms with Crippen molar-refractivity contribution in [2.45, 2.75) is 30.7 Å². The van der Waals surface area contributed by atoms with Crippen molar-refractivity contribution in [1.29, 1.82) is 0 Å². The van der Waals surface area contributed by atoms with Gasteiger partial charge in [0.1, 0.15) is 6.54 Å². The summed E-state index contributed by atoms with van der Waals surface area (Å²) >= 11 is 0. The van der Waals surface area contributed by atoms with Crippen LogP contribution in [0.5, 0.6) is 0 Å². The van der Waals surface area contributed by atoms with Crippen LogP contribution in [-0.4, -0.2) is 51.4 Å². The van der Waals surface area contributed by atoms with E-state index < -0.39 is 10.0 Å². The Morgan fingerprint density at radius 2 is 2.04 bits per heavy atom. The SMILES string of the molecule is CCCN(C(=O)CN1c2cccc3cccc(c23)S1(=O)=O)C1CCNC1. The van der Waals surface area contributed by atoms with Gasteiger partial charge < -0.3 is 10.2 Å². The number of amides is 1. The number of hydrogen-bond donors (Lipinski definition) is 1. The van der Waals surface area contributed by atoms with Gasteiger partial charge in [-0.05, 0) is 36.9 Å². The van der Waals surface area contributed by atoms with Crippen molar-refractivity contribution in [3.63, 3.8) is 0 Å². The Morgan fingerprint density at radius 3 is 2.73 bits per heavy atom. The Bertz CT molecular complexity index is 946. The number of rotatable bonds is 5. The Hall–Kier alpha value is -2.12. The molecule has 2 aliphatic rings. The molecular weight excluding hydrogens is 350 g/mol. The molecule has 1 saturated heterocycles. The highest BCUT2D eigenvalue weighted by molar-refractivity contribution is 7.93. The molecule has 2 aliphatic heterocycles. The van der Waals surface area contributed by atoms with Gasteiger partial charge in [0.25, 0.3) is 10.0 Å². The number of anilines is 1. The quantitative estimate of drug-likeness (QED) is 0.870. The largest absolute Gasteiger partial charge is 0.337 e. The summed E-state index contributed by atoms with van der Waals surface area (Å²) in [6.45, 7) is 4.20. The molecule has 2 heterocycles. The van der Waals surface area contributed by atoms with Gasteiger partial charge in [-0.15, -0.1) is 0 Å². The Morgan fingerprint density at radius 1 is 1.27 bits per heavy atom. The lowest BCUT2D eigenvalue weighted by molar-refractivity contribution is -0.131. The highest BCUT2D eigenvalue weighted by atomic mass is 32.2. The molecule has 1 N–H and O–H groups in total. The molecule has 7 heteroatoms. The molecule has 2 aromatic carbocycles. The molecule has 0 aromatic heterocycles. The highest BCUT2D eigenvalue weighted by Gasteiger charge is 2.38. The zero-order valence-electron chi connectivity index (χ0n) is 14.8.